The summed E-state index contributed by atoms with van der Waals surface area (Å²) in [6.07, 6.45) is 4.51. The first-order valence-corrected chi connectivity index (χ1v) is 14.6. The van der Waals surface area contributed by atoms with Gasteiger partial charge >= 0.3 is 0 Å². The molecule has 1 saturated carbocycles. The van der Waals surface area contributed by atoms with Crippen LogP contribution in [-0.2, 0) is 25.6 Å². The van der Waals surface area contributed by atoms with Crippen LogP contribution < -0.4 is 9.46 Å². The normalized spacial score (nSPS) is 24.9. The molecule has 2 heterocycles. The predicted octanol–water partition coefficient (Wildman–Crippen LogP) is 5.10. The van der Waals surface area contributed by atoms with Crippen LogP contribution in [0.4, 0.5) is 0 Å². The highest BCUT2D eigenvalue weighted by molar-refractivity contribution is 7.90. The van der Waals surface area contributed by atoms with Crippen molar-refractivity contribution in [3.05, 3.63) is 28.3 Å². The number of carbonyl (C=O) groups excluding carboxylic acids is 1. The van der Waals surface area contributed by atoms with E-state index in [9.17, 15) is 9.35 Å². The number of benzene rings is 1. The third kappa shape index (κ3) is 6.16. The average molecular weight is 541 g/mol. The van der Waals surface area contributed by atoms with Crippen molar-refractivity contribution in [2.24, 2.45) is 5.92 Å². The number of amides is 1. The molecule has 3 fully saturated rings. The van der Waals surface area contributed by atoms with Crippen LogP contribution >= 0.6 is 11.6 Å². The molecule has 0 radical (unpaired) electrons. The van der Waals surface area contributed by atoms with E-state index in [2.05, 4.69) is 10.8 Å². The molecule has 1 aliphatic carbocycles. The van der Waals surface area contributed by atoms with Gasteiger partial charge in [0.1, 0.15) is 10.5 Å². The van der Waals surface area contributed by atoms with Crippen molar-refractivity contribution in [3.8, 4) is 5.75 Å². The average Bonchev–Trinajstić information content (AvgIpc) is 3.16. The lowest BCUT2D eigenvalue weighted by atomic mass is 9.78. The van der Waals surface area contributed by atoms with Gasteiger partial charge in [-0.1, -0.05) is 18.0 Å². The third-order valence-corrected chi connectivity index (χ3v) is 9.53. The van der Waals surface area contributed by atoms with Gasteiger partial charge < -0.3 is 23.7 Å². The van der Waals surface area contributed by atoms with E-state index in [-0.39, 0.29) is 24.5 Å². The van der Waals surface area contributed by atoms with Crippen molar-refractivity contribution < 1.29 is 23.6 Å². The Labute approximate surface area is 223 Å². The molecule has 2 saturated heterocycles. The van der Waals surface area contributed by atoms with Crippen LogP contribution in [0.5, 0.6) is 5.75 Å². The van der Waals surface area contributed by atoms with Crippen LogP contribution in [-0.4, -0.2) is 58.8 Å². The summed E-state index contributed by atoms with van der Waals surface area (Å²) in [6.45, 7) is 11.0. The second kappa shape index (κ2) is 11.0. The van der Waals surface area contributed by atoms with E-state index in [0.717, 1.165) is 47.6 Å². The molecule has 3 aliphatic rings. The zero-order chi connectivity index (χ0) is 26.3. The second-order valence-electron chi connectivity index (χ2n) is 11.7. The van der Waals surface area contributed by atoms with Crippen LogP contribution in [0, 0.1) is 5.92 Å². The van der Waals surface area contributed by atoms with Crippen molar-refractivity contribution in [2.75, 3.05) is 26.8 Å². The Bertz CT molecular complexity index is 941. The van der Waals surface area contributed by atoms with Crippen LogP contribution in [0.1, 0.15) is 89.8 Å². The van der Waals surface area contributed by atoms with Gasteiger partial charge in [0.25, 0.3) is 5.91 Å². The fourth-order valence-corrected chi connectivity index (χ4v) is 6.44. The molecule has 1 amide bonds. The largest absolute Gasteiger partial charge is 0.598 e. The van der Waals surface area contributed by atoms with Crippen LogP contribution in [0.25, 0.3) is 0 Å². The van der Waals surface area contributed by atoms with E-state index in [4.69, 9.17) is 25.8 Å². The zero-order valence-electron chi connectivity index (χ0n) is 22.4. The van der Waals surface area contributed by atoms with Gasteiger partial charge in [-0.15, -0.1) is 4.72 Å². The number of likely N-dealkylation sites (tertiary alicyclic amines) is 1. The van der Waals surface area contributed by atoms with E-state index in [1.807, 2.05) is 45.6 Å². The van der Waals surface area contributed by atoms with Gasteiger partial charge in [0.15, 0.2) is 11.9 Å². The molecule has 2 unspecified atom stereocenters. The lowest BCUT2D eigenvalue weighted by molar-refractivity contribution is -0.161. The van der Waals surface area contributed by atoms with E-state index in [1.54, 1.807) is 7.11 Å². The van der Waals surface area contributed by atoms with Gasteiger partial charge in [0.2, 0.25) is 0 Å². The van der Waals surface area contributed by atoms with Gasteiger partial charge in [-0.2, -0.15) is 0 Å². The predicted molar refractivity (Wildman–Crippen MR) is 143 cm³/mol. The summed E-state index contributed by atoms with van der Waals surface area (Å²) in [6, 6.07) is 3.87. The van der Waals surface area contributed by atoms with Gasteiger partial charge in [0.05, 0.1) is 19.8 Å². The fourth-order valence-electron chi connectivity index (χ4n) is 5.21. The Balaban J connectivity index is 1.54. The minimum Gasteiger partial charge on any atom is -0.598 e. The summed E-state index contributed by atoms with van der Waals surface area (Å²) >= 11 is 5.51. The maximum atomic E-state index is 13.2. The van der Waals surface area contributed by atoms with Gasteiger partial charge in [-0.05, 0) is 89.8 Å². The standard InChI is InChI=1S/C27H41ClN2O5S/c1-26(2,3)36(32)29-24(20-14-21(28)19(15-22(20)33-6)17-8-7-9-17)18-10-12-30(13-11-18)25(31)23-16-34-27(4,5)35-23/h14-15,17-18,23-24,29H,7-13,16H2,1-6H3/t23-,24?,36?/m1/s1. The Morgan fingerprint density at radius 3 is 2.42 bits per heavy atom. The Kier molecular flexibility index (Phi) is 8.54. The Hall–Kier alpha value is -1.03. The van der Waals surface area contributed by atoms with Crippen LogP contribution in [0.3, 0.4) is 0 Å². The molecular weight excluding hydrogens is 500 g/mol. The number of carbonyl (C=O) groups is 1. The molecule has 4 rings (SSSR count). The molecule has 202 valence electrons. The van der Waals surface area contributed by atoms with Gasteiger partial charge in [-0.25, -0.2) is 0 Å². The summed E-state index contributed by atoms with van der Waals surface area (Å²) < 4.78 is 33.5. The van der Waals surface area contributed by atoms with Crippen molar-refractivity contribution in [1.82, 2.24) is 9.62 Å². The van der Waals surface area contributed by atoms with E-state index in [0.29, 0.717) is 19.0 Å². The molecule has 0 spiro atoms. The number of hydrogen-bond donors (Lipinski definition) is 1. The monoisotopic (exact) mass is 540 g/mol. The van der Waals surface area contributed by atoms with Crippen LogP contribution in [0.2, 0.25) is 5.02 Å². The van der Waals surface area contributed by atoms with Crippen LogP contribution in [0.15, 0.2) is 12.1 Å². The molecule has 0 bridgehead atoms. The number of piperidine rings is 1. The Morgan fingerprint density at radius 2 is 1.92 bits per heavy atom. The topological polar surface area (TPSA) is 83.1 Å². The number of halogens is 1. The minimum atomic E-state index is -1.28. The molecule has 2 aliphatic heterocycles. The zero-order valence-corrected chi connectivity index (χ0v) is 24.0. The molecule has 1 N–H and O–H groups in total. The number of ether oxygens (including phenoxy) is 3. The number of nitrogens with zero attached hydrogens (tertiary/aromatic N) is 1. The number of hydrogen-bond acceptors (Lipinski definition) is 6. The van der Waals surface area contributed by atoms with Crippen molar-refractivity contribution >= 4 is 28.9 Å². The maximum Gasteiger partial charge on any atom is 0.254 e. The SMILES string of the molecule is COc1cc(C2CCC2)c(Cl)cc1C(N[S+]([O-])C(C)(C)C)C1CCN(C(=O)[C@H]2COC(C)(C)O2)CC1. The first-order chi connectivity index (χ1) is 16.9. The highest BCUT2D eigenvalue weighted by atomic mass is 35.5. The summed E-state index contributed by atoms with van der Waals surface area (Å²) in [7, 11) is 1.68. The molecule has 1 aromatic rings. The minimum absolute atomic E-state index is 0.0210. The fraction of sp³-hybridized carbons (Fsp3) is 0.741. The lowest BCUT2D eigenvalue weighted by Crippen LogP contribution is -2.48. The Morgan fingerprint density at radius 1 is 1.25 bits per heavy atom. The number of rotatable bonds is 7. The van der Waals surface area contributed by atoms with Gasteiger partial charge in [-0.3, -0.25) is 4.79 Å². The highest BCUT2D eigenvalue weighted by Gasteiger charge is 2.42. The van der Waals surface area contributed by atoms with Crippen molar-refractivity contribution in [1.29, 1.82) is 0 Å². The van der Waals surface area contributed by atoms with Crippen molar-refractivity contribution in [3.63, 3.8) is 0 Å². The number of methoxy groups -OCH3 is 1. The number of nitrogens with one attached hydrogen (secondary N) is 1. The third-order valence-electron chi connectivity index (χ3n) is 7.63. The molecule has 9 heteroatoms. The van der Waals surface area contributed by atoms with E-state index < -0.39 is 28.0 Å². The first-order valence-electron chi connectivity index (χ1n) is 13.1. The molecular formula is C27H41ClN2O5S. The highest BCUT2D eigenvalue weighted by Crippen LogP contribution is 2.45. The van der Waals surface area contributed by atoms with E-state index in [1.165, 1.54) is 6.42 Å². The lowest BCUT2D eigenvalue weighted by Gasteiger charge is -2.39. The smallest absolute Gasteiger partial charge is 0.254 e. The molecule has 1 aromatic carbocycles. The summed E-state index contributed by atoms with van der Waals surface area (Å²) in [5.74, 6) is 0.675. The molecule has 36 heavy (non-hydrogen) atoms. The van der Waals surface area contributed by atoms with Gasteiger partial charge in [0, 0.05) is 35.0 Å². The van der Waals surface area contributed by atoms with Crippen molar-refractivity contribution in [2.45, 2.75) is 95.3 Å². The maximum absolute atomic E-state index is 13.2. The summed E-state index contributed by atoms with van der Waals surface area (Å²) in [4.78, 5) is 14.9. The summed E-state index contributed by atoms with van der Waals surface area (Å²) in [5.41, 5.74) is 2.07. The second-order valence-corrected chi connectivity index (χ2v) is 14.1. The molecule has 3 atom stereocenters. The van der Waals surface area contributed by atoms with E-state index >= 15 is 0 Å². The molecule has 7 nitrogen and oxygen atoms in total. The molecule has 0 aromatic heterocycles. The quantitative estimate of drug-likeness (QED) is 0.484. The first kappa shape index (κ1) is 28.0. The summed E-state index contributed by atoms with van der Waals surface area (Å²) in [5, 5.41) is 0.748.